The molecule has 3 aromatic rings. The molecule has 4 heterocycles. The van der Waals surface area contributed by atoms with Crippen LogP contribution < -0.4 is 15.0 Å². The molecule has 1 aromatic carbocycles. The van der Waals surface area contributed by atoms with Gasteiger partial charge in [0.05, 0.1) is 17.3 Å². The number of carboxylic acids is 1. The maximum absolute atomic E-state index is 11.5. The Bertz CT molecular complexity index is 1500. The van der Waals surface area contributed by atoms with Crippen molar-refractivity contribution in [1.29, 1.82) is 0 Å². The number of likely N-dealkylation sites (tertiary alicyclic amines) is 1. The maximum atomic E-state index is 11.5. The number of ether oxygens (including phenoxy) is 1. The van der Waals surface area contributed by atoms with Gasteiger partial charge < -0.3 is 20.1 Å². The first kappa shape index (κ1) is 33.9. The van der Waals surface area contributed by atoms with Gasteiger partial charge in [0.15, 0.2) is 0 Å². The molecule has 0 unspecified atom stereocenters. The average Bonchev–Trinajstić information content (AvgIpc) is 3.01. The van der Waals surface area contributed by atoms with Gasteiger partial charge >= 0.3 is 5.97 Å². The van der Waals surface area contributed by atoms with E-state index in [1.165, 1.54) is 0 Å². The molecule has 0 radical (unpaired) electrons. The molecule has 246 valence electrons. The summed E-state index contributed by atoms with van der Waals surface area (Å²) < 4.78 is 6.26. The first-order chi connectivity index (χ1) is 21.9. The van der Waals surface area contributed by atoms with Gasteiger partial charge in [-0.2, -0.15) is 0 Å². The van der Waals surface area contributed by atoms with Crippen LogP contribution in [0.1, 0.15) is 39.2 Å². The van der Waals surface area contributed by atoms with Crippen LogP contribution in [-0.4, -0.2) is 89.1 Å². The Balaban J connectivity index is 1.26. The monoisotopic (exact) mass is 668 g/mol. The summed E-state index contributed by atoms with van der Waals surface area (Å²) >= 11 is 12.7. The van der Waals surface area contributed by atoms with Crippen molar-refractivity contribution >= 4 is 40.9 Å². The number of piperidine rings is 1. The van der Waals surface area contributed by atoms with E-state index in [1.54, 1.807) is 33.0 Å². The molecule has 2 aromatic heterocycles. The predicted octanol–water partition coefficient (Wildman–Crippen LogP) is 5.82. The molecule has 0 atom stereocenters. The number of nitrogens with one attached hydrogen (secondary N) is 1. The number of hydrogen-bond acceptors (Lipinski definition) is 8. The minimum Gasteiger partial charge on any atom is -0.481 e. The zero-order chi connectivity index (χ0) is 32.8. The molecule has 0 aliphatic carbocycles. The largest absolute Gasteiger partial charge is 0.481 e. The summed E-state index contributed by atoms with van der Waals surface area (Å²) in [5.41, 5.74) is 1.79. The summed E-state index contributed by atoms with van der Waals surface area (Å²) in [7, 11) is 0. The number of carbonyl (C=O) groups is 2. The molecule has 0 bridgehead atoms. The maximum Gasteiger partial charge on any atom is 0.310 e. The molecular formula is C34H42Cl2N6O4. The van der Waals surface area contributed by atoms with Crippen LogP contribution in [0.15, 0.2) is 48.7 Å². The Kier molecular flexibility index (Phi) is 11.0. The van der Waals surface area contributed by atoms with Crippen molar-refractivity contribution < 1.29 is 19.4 Å². The normalized spacial score (nSPS) is 16.8. The fourth-order valence-corrected chi connectivity index (χ4v) is 6.48. The van der Waals surface area contributed by atoms with Crippen LogP contribution in [0.25, 0.3) is 11.3 Å². The summed E-state index contributed by atoms with van der Waals surface area (Å²) in [4.78, 5) is 39.1. The van der Waals surface area contributed by atoms with E-state index in [0.717, 1.165) is 82.1 Å². The van der Waals surface area contributed by atoms with Gasteiger partial charge in [-0.25, -0.2) is 9.97 Å². The number of pyridine rings is 2. The van der Waals surface area contributed by atoms with Gasteiger partial charge in [0.25, 0.3) is 0 Å². The van der Waals surface area contributed by atoms with Crippen LogP contribution in [-0.2, 0) is 16.1 Å². The van der Waals surface area contributed by atoms with Crippen LogP contribution >= 0.6 is 23.2 Å². The standard InChI is InChI=1S/C34H42Cl2N6O4/c1-23(43)37-19-24-6-8-40(9-7-24)21-25-14-30(26-16-27(35)18-28(36)17-26)39-32(15-25)46-29-4-5-31(38-20-29)42-12-10-41(11-13-42)22-34(2,3)33(44)45/h4-5,14-18,20,24H,6-13,19,21-22H2,1-3H3,(H,37,43)(H,44,45). The number of nitrogens with zero attached hydrogens (tertiary/aromatic N) is 5. The second-order valence-electron chi connectivity index (χ2n) is 12.9. The molecule has 0 saturated carbocycles. The van der Waals surface area contributed by atoms with Crippen molar-refractivity contribution in [3.63, 3.8) is 0 Å². The third-order valence-corrected chi connectivity index (χ3v) is 9.05. The molecule has 2 aliphatic heterocycles. The van der Waals surface area contributed by atoms with Crippen molar-refractivity contribution in [1.82, 2.24) is 25.1 Å². The average molecular weight is 670 g/mol. The number of benzene rings is 1. The predicted molar refractivity (Wildman–Crippen MR) is 181 cm³/mol. The Hall–Kier alpha value is -3.44. The molecule has 2 saturated heterocycles. The minimum atomic E-state index is -0.783. The van der Waals surface area contributed by atoms with Crippen LogP contribution in [0, 0.1) is 11.3 Å². The summed E-state index contributed by atoms with van der Waals surface area (Å²) in [5, 5.41) is 13.5. The smallest absolute Gasteiger partial charge is 0.310 e. The van der Waals surface area contributed by atoms with E-state index in [2.05, 4.69) is 31.1 Å². The molecule has 2 N–H and O–H groups in total. The molecule has 1 amide bonds. The third-order valence-electron chi connectivity index (χ3n) is 8.61. The highest BCUT2D eigenvalue weighted by Gasteiger charge is 2.31. The van der Waals surface area contributed by atoms with Crippen molar-refractivity contribution in [3.05, 3.63) is 64.3 Å². The Labute approximate surface area is 280 Å². The highest BCUT2D eigenvalue weighted by Crippen LogP contribution is 2.31. The SMILES string of the molecule is CC(=O)NCC1CCN(Cc2cc(Oc3ccc(N4CCN(CC(C)(C)C(=O)O)CC4)nc3)nc(-c3cc(Cl)cc(Cl)c3)c2)CC1. The first-order valence-electron chi connectivity index (χ1n) is 15.7. The fourth-order valence-electron chi connectivity index (χ4n) is 5.95. The zero-order valence-corrected chi connectivity index (χ0v) is 28.2. The molecule has 2 fully saturated rings. The van der Waals surface area contributed by atoms with E-state index >= 15 is 0 Å². The van der Waals surface area contributed by atoms with E-state index in [-0.39, 0.29) is 5.91 Å². The lowest BCUT2D eigenvalue weighted by molar-refractivity contribution is -0.148. The number of aliphatic carboxylic acids is 1. The Morgan fingerprint density at radius 3 is 2.28 bits per heavy atom. The van der Waals surface area contributed by atoms with Crippen molar-refractivity contribution in [2.45, 2.75) is 40.2 Å². The van der Waals surface area contributed by atoms with Crippen LogP contribution in [0.4, 0.5) is 5.82 Å². The first-order valence-corrected chi connectivity index (χ1v) is 16.5. The van der Waals surface area contributed by atoms with E-state index in [1.807, 2.05) is 30.3 Å². The fraction of sp³-hybridized carbons (Fsp3) is 0.471. The van der Waals surface area contributed by atoms with Crippen molar-refractivity contribution in [2.75, 3.05) is 57.3 Å². The van der Waals surface area contributed by atoms with Gasteiger partial charge in [0, 0.05) is 74.4 Å². The van der Waals surface area contributed by atoms with E-state index < -0.39 is 11.4 Å². The van der Waals surface area contributed by atoms with E-state index in [0.29, 0.717) is 39.8 Å². The van der Waals surface area contributed by atoms with Crippen molar-refractivity contribution in [3.8, 4) is 22.9 Å². The lowest BCUT2D eigenvalue weighted by Crippen LogP contribution is -2.50. The van der Waals surface area contributed by atoms with E-state index in [4.69, 9.17) is 32.9 Å². The number of anilines is 1. The van der Waals surface area contributed by atoms with Crippen LogP contribution in [0.3, 0.4) is 0 Å². The molecule has 12 heteroatoms. The molecule has 5 rings (SSSR count). The second-order valence-corrected chi connectivity index (χ2v) is 13.8. The zero-order valence-electron chi connectivity index (χ0n) is 26.6. The number of hydrogen-bond donors (Lipinski definition) is 2. The molecule has 46 heavy (non-hydrogen) atoms. The second kappa shape index (κ2) is 15.0. The van der Waals surface area contributed by atoms with Gasteiger partial charge in [0.1, 0.15) is 11.6 Å². The number of aromatic nitrogens is 2. The van der Waals surface area contributed by atoms with Gasteiger partial charge in [-0.1, -0.05) is 23.2 Å². The van der Waals surface area contributed by atoms with Crippen LogP contribution in [0.2, 0.25) is 10.0 Å². The molecule has 10 nitrogen and oxygen atoms in total. The third kappa shape index (κ3) is 9.31. The molecular weight excluding hydrogens is 627 g/mol. The number of amides is 1. The quantitative estimate of drug-likeness (QED) is 0.261. The summed E-state index contributed by atoms with van der Waals surface area (Å²) in [5.74, 6) is 1.60. The Morgan fingerprint density at radius 2 is 1.67 bits per heavy atom. The number of halogens is 2. The summed E-state index contributed by atoms with van der Waals surface area (Å²) in [6.45, 7) is 12.0. The lowest BCUT2D eigenvalue weighted by atomic mass is 9.93. The topological polar surface area (TPSA) is 111 Å². The van der Waals surface area contributed by atoms with Gasteiger partial charge in [-0.3, -0.25) is 19.4 Å². The van der Waals surface area contributed by atoms with Crippen molar-refractivity contribution in [2.24, 2.45) is 11.3 Å². The highest BCUT2D eigenvalue weighted by molar-refractivity contribution is 6.35. The van der Waals surface area contributed by atoms with Gasteiger partial charge in [0.2, 0.25) is 11.8 Å². The number of piperazine rings is 1. The van der Waals surface area contributed by atoms with Crippen LogP contribution in [0.5, 0.6) is 11.6 Å². The summed E-state index contributed by atoms with van der Waals surface area (Å²) in [6.07, 6.45) is 3.76. The Morgan fingerprint density at radius 1 is 0.978 bits per heavy atom. The summed E-state index contributed by atoms with van der Waals surface area (Å²) in [6, 6.07) is 13.2. The lowest BCUT2D eigenvalue weighted by Gasteiger charge is -2.38. The number of carbonyl (C=O) groups excluding carboxylic acids is 1. The van der Waals surface area contributed by atoms with E-state index in [9.17, 15) is 14.7 Å². The molecule has 2 aliphatic rings. The van der Waals surface area contributed by atoms with Gasteiger partial charge in [-0.15, -0.1) is 0 Å². The number of rotatable bonds is 11. The number of carboxylic acid groups (broad SMARTS) is 1. The molecule has 0 spiro atoms. The minimum absolute atomic E-state index is 0.0160. The highest BCUT2D eigenvalue weighted by atomic mass is 35.5. The van der Waals surface area contributed by atoms with Gasteiger partial charge in [-0.05, 0) is 87.7 Å².